The van der Waals surface area contributed by atoms with Crippen molar-refractivity contribution in [1.82, 2.24) is 4.98 Å². The number of benzene rings is 1. The second kappa shape index (κ2) is 5.11. The van der Waals surface area contributed by atoms with E-state index in [1.54, 1.807) is 0 Å². The summed E-state index contributed by atoms with van der Waals surface area (Å²) in [7, 11) is 0. The smallest absolute Gasteiger partial charge is 0.355 e. The van der Waals surface area contributed by atoms with Crippen molar-refractivity contribution in [3.63, 3.8) is 0 Å². The Labute approximate surface area is 109 Å². The number of carboxylic acids is 1. The number of hydrogen-bond donors (Lipinski definition) is 2. The lowest BCUT2D eigenvalue weighted by molar-refractivity contribution is 0.0691. The number of anilines is 1. The number of aromatic carboxylic acids is 1. The maximum absolute atomic E-state index is 13.3. The Morgan fingerprint density at radius 2 is 2.05 bits per heavy atom. The van der Waals surface area contributed by atoms with E-state index < -0.39 is 23.5 Å². The highest BCUT2D eigenvalue weighted by Crippen LogP contribution is 2.17. The molecule has 0 fully saturated rings. The van der Waals surface area contributed by atoms with Gasteiger partial charge in [-0.3, -0.25) is 4.79 Å². The average molecular weight is 284 g/mol. The van der Waals surface area contributed by atoms with Crippen LogP contribution in [0.3, 0.4) is 0 Å². The Balaban J connectivity index is 2.18. The molecular weight excluding hydrogens is 278 g/mol. The van der Waals surface area contributed by atoms with E-state index in [-0.39, 0.29) is 16.4 Å². The number of nitrogens with zero attached hydrogens (tertiary/aromatic N) is 1. The first-order valence-electron chi connectivity index (χ1n) is 4.92. The summed E-state index contributed by atoms with van der Waals surface area (Å²) in [6.07, 6.45) is 0. The highest BCUT2D eigenvalue weighted by atomic mass is 32.1. The maximum atomic E-state index is 13.3. The minimum atomic E-state index is -1.26. The number of thiazole rings is 1. The number of amides is 1. The van der Waals surface area contributed by atoms with Gasteiger partial charge in [-0.15, -0.1) is 11.3 Å². The van der Waals surface area contributed by atoms with Crippen molar-refractivity contribution >= 4 is 28.9 Å². The van der Waals surface area contributed by atoms with Gasteiger partial charge in [0, 0.05) is 11.4 Å². The van der Waals surface area contributed by atoms with Gasteiger partial charge in [0.2, 0.25) is 0 Å². The minimum Gasteiger partial charge on any atom is -0.476 e. The molecule has 1 amide bonds. The van der Waals surface area contributed by atoms with Crippen LogP contribution in [0.25, 0.3) is 0 Å². The third-order valence-corrected chi connectivity index (χ3v) is 2.94. The van der Waals surface area contributed by atoms with E-state index >= 15 is 0 Å². The molecule has 2 aromatic rings. The van der Waals surface area contributed by atoms with Crippen LogP contribution in [0.1, 0.15) is 20.3 Å². The highest BCUT2D eigenvalue weighted by Gasteiger charge is 2.16. The van der Waals surface area contributed by atoms with Crippen molar-refractivity contribution in [3.8, 4) is 0 Å². The predicted molar refractivity (Wildman–Crippen MR) is 63.4 cm³/mol. The van der Waals surface area contributed by atoms with Gasteiger partial charge in [0.15, 0.2) is 10.7 Å². The van der Waals surface area contributed by atoms with Crippen LogP contribution < -0.4 is 5.32 Å². The van der Waals surface area contributed by atoms with Crippen LogP contribution in [0.4, 0.5) is 14.5 Å². The quantitative estimate of drug-likeness (QED) is 0.906. The van der Waals surface area contributed by atoms with Crippen molar-refractivity contribution in [2.24, 2.45) is 0 Å². The van der Waals surface area contributed by atoms with Crippen LogP contribution >= 0.6 is 11.3 Å². The molecule has 5 nitrogen and oxygen atoms in total. The number of aromatic nitrogens is 1. The zero-order valence-corrected chi connectivity index (χ0v) is 10.0. The second-order valence-electron chi connectivity index (χ2n) is 3.42. The molecule has 0 saturated heterocycles. The molecule has 2 N–H and O–H groups in total. The number of rotatable bonds is 3. The summed E-state index contributed by atoms with van der Waals surface area (Å²) in [4.78, 5) is 25.8. The van der Waals surface area contributed by atoms with Gasteiger partial charge in [-0.25, -0.2) is 18.6 Å². The van der Waals surface area contributed by atoms with Gasteiger partial charge in [-0.1, -0.05) is 0 Å². The molecular formula is C11H6F2N2O3S. The van der Waals surface area contributed by atoms with Crippen molar-refractivity contribution in [3.05, 3.63) is 45.9 Å². The normalized spacial score (nSPS) is 10.2. The fraction of sp³-hybridized carbons (Fsp3) is 0. The molecule has 0 aliphatic rings. The lowest BCUT2D eigenvalue weighted by atomic mass is 10.3. The highest BCUT2D eigenvalue weighted by molar-refractivity contribution is 7.12. The molecule has 1 heterocycles. The summed E-state index contributed by atoms with van der Waals surface area (Å²) in [5.41, 5.74) is -0.479. The van der Waals surface area contributed by atoms with Gasteiger partial charge in [-0.2, -0.15) is 0 Å². The molecule has 0 radical (unpaired) electrons. The van der Waals surface area contributed by atoms with Gasteiger partial charge in [0.25, 0.3) is 5.91 Å². The largest absolute Gasteiger partial charge is 0.476 e. The first-order valence-corrected chi connectivity index (χ1v) is 5.80. The number of hydrogen-bond acceptors (Lipinski definition) is 4. The summed E-state index contributed by atoms with van der Waals surface area (Å²) in [5.74, 6) is -3.72. The molecule has 0 unspecified atom stereocenters. The number of carboxylic acid groups (broad SMARTS) is 1. The minimum absolute atomic E-state index is 0.124. The lowest BCUT2D eigenvalue weighted by Crippen LogP contribution is -2.13. The summed E-state index contributed by atoms with van der Waals surface area (Å²) in [6.45, 7) is 0. The van der Waals surface area contributed by atoms with E-state index in [2.05, 4.69) is 10.3 Å². The third kappa shape index (κ3) is 2.91. The molecule has 1 aromatic heterocycles. The molecule has 0 atom stereocenters. The van der Waals surface area contributed by atoms with Crippen LogP contribution in [0.15, 0.2) is 23.6 Å². The van der Waals surface area contributed by atoms with Crippen LogP contribution in [-0.4, -0.2) is 22.0 Å². The Morgan fingerprint density at radius 1 is 1.32 bits per heavy atom. The molecule has 0 saturated carbocycles. The van der Waals surface area contributed by atoms with Gasteiger partial charge in [-0.05, 0) is 12.1 Å². The van der Waals surface area contributed by atoms with Crippen LogP contribution in [0, 0.1) is 11.6 Å². The molecule has 8 heteroatoms. The fourth-order valence-electron chi connectivity index (χ4n) is 1.24. The lowest BCUT2D eigenvalue weighted by Gasteiger charge is -2.04. The number of carbonyl (C=O) groups is 2. The molecule has 0 aliphatic heterocycles. The van der Waals surface area contributed by atoms with Gasteiger partial charge >= 0.3 is 5.97 Å². The van der Waals surface area contributed by atoms with Gasteiger partial charge < -0.3 is 10.4 Å². The van der Waals surface area contributed by atoms with Crippen molar-refractivity contribution < 1.29 is 23.5 Å². The monoisotopic (exact) mass is 284 g/mol. The molecule has 0 aliphatic carbocycles. The van der Waals surface area contributed by atoms with Crippen molar-refractivity contribution in [1.29, 1.82) is 0 Å². The van der Waals surface area contributed by atoms with Crippen LogP contribution in [-0.2, 0) is 0 Å². The second-order valence-corrected chi connectivity index (χ2v) is 4.28. The predicted octanol–water partition coefficient (Wildman–Crippen LogP) is 2.37. The Kier molecular flexibility index (Phi) is 3.52. The Hall–Kier alpha value is -2.35. The number of nitrogens with one attached hydrogen (secondary N) is 1. The van der Waals surface area contributed by atoms with E-state index in [4.69, 9.17) is 5.11 Å². The van der Waals surface area contributed by atoms with Gasteiger partial charge in [0.05, 0.1) is 5.69 Å². The first kappa shape index (κ1) is 13.1. The molecule has 0 bridgehead atoms. The summed E-state index contributed by atoms with van der Waals surface area (Å²) in [5, 5.41) is 11.9. The van der Waals surface area contributed by atoms with Gasteiger partial charge in [0.1, 0.15) is 11.6 Å². The molecule has 98 valence electrons. The molecule has 1 aromatic carbocycles. The van der Waals surface area contributed by atoms with E-state index in [0.717, 1.165) is 23.5 Å². The van der Waals surface area contributed by atoms with E-state index in [9.17, 15) is 18.4 Å². The zero-order chi connectivity index (χ0) is 14.0. The SMILES string of the molecule is O=C(O)c1csc(C(=O)Nc2ccc(F)cc2F)n1. The molecule has 0 spiro atoms. The summed E-state index contributed by atoms with van der Waals surface area (Å²) >= 11 is 0.814. The maximum Gasteiger partial charge on any atom is 0.355 e. The first-order chi connectivity index (χ1) is 8.97. The average Bonchev–Trinajstić information content (AvgIpc) is 2.82. The topological polar surface area (TPSA) is 79.3 Å². The summed E-state index contributed by atoms with van der Waals surface area (Å²) < 4.78 is 26.0. The fourth-order valence-corrected chi connectivity index (χ4v) is 1.93. The van der Waals surface area contributed by atoms with Crippen molar-refractivity contribution in [2.45, 2.75) is 0 Å². The number of carbonyl (C=O) groups excluding carboxylic acids is 1. The van der Waals surface area contributed by atoms with Crippen molar-refractivity contribution in [2.75, 3.05) is 5.32 Å². The van der Waals surface area contributed by atoms with Crippen LogP contribution in [0.2, 0.25) is 0 Å². The standard InChI is InChI=1S/C11H6F2N2O3S/c12-5-1-2-7(6(13)3-5)14-9(16)10-15-8(4-19-10)11(17)18/h1-4H,(H,14,16)(H,17,18). The summed E-state index contributed by atoms with van der Waals surface area (Å²) in [6, 6.07) is 2.68. The molecule has 19 heavy (non-hydrogen) atoms. The molecule has 2 rings (SSSR count). The Bertz CT molecular complexity index is 657. The number of halogens is 2. The van der Waals surface area contributed by atoms with E-state index in [1.165, 1.54) is 5.38 Å². The van der Waals surface area contributed by atoms with E-state index in [0.29, 0.717) is 6.07 Å². The zero-order valence-electron chi connectivity index (χ0n) is 9.18. The van der Waals surface area contributed by atoms with Crippen LogP contribution in [0.5, 0.6) is 0 Å². The third-order valence-electron chi connectivity index (χ3n) is 2.10. The Morgan fingerprint density at radius 3 is 2.63 bits per heavy atom. The van der Waals surface area contributed by atoms with E-state index in [1.807, 2.05) is 0 Å².